The zero-order valence-electron chi connectivity index (χ0n) is 17.8. The fraction of sp³-hybridized carbons (Fsp3) is 0.875. The van der Waals surface area contributed by atoms with E-state index in [2.05, 4.69) is 11.7 Å². The molecule has 0 bridgehead atoms. The third kappa shape index (κ3) is 6.49. The van der Waals surface area contributed by atoms with E-state index < -0.39 is 12.1 Å². The van der Waals surface area contributed by atoms with Crippen LogP contribution in [0.15, 0.2) is 11.8 Å². The Morgan fingerprint density at radius 3 is 1.97 bits per heavy atom. The summed E-state index contributed by atoms with van der Waals surface area (Å²) < 4.78 is 41.5. The number of alkyl halides is 3. The minimum absolute atomic E-state index is 0.206. The molecule has 1 unspecified atom stereocenters. The van der Waals surface area contributed by atoms with E-state index in [9.17, 15) is 18.0 Å². The molecule has 0 heterocycles. The summed E-state index contributed by atoms with van der Waals surface area (Å²) in [6, 6.07) is 0. The number of hydrogen-bond acceptors (Lipinski definition) is 2. The maximum atomic E-state index is 12.3. The molecule has 0 amide bonds. The van der Waals surface area contributed by atoms with E-state index in [1.54, 1.807) is 6.08 Å². The molecule has 0 aromatic heterocycles. The summed E-state index contributed by atoms with van der Waals surface area (Å²) in [4.78, 5) is 11.0. The molecule has 2 nitrogen and oxygen atoms in total. The van der Waals surface area contributed by atoms with Crippen molar-refractivity contribution in [1.82, 2.24) is 0 Å². The lowest BCUT2D eigenvalue weighted by Gasteiger charge is -2.40. The molecule has 166 valence electrons. The highest BCUT2D eigenvalue weighted by Gasteiger charge is 2.42. The number of carbonyl (C=O) groups excluding carboxylic acids is 1. The highest BCUT2D eigenvalue weighted by molar-refractivity contribution is 5.76. The minimum Gasteiger partial charge on any atom is -0.425 e. The first-order valence-electron chi connectivity index (χ1n) is 11.8. The largest absolute Gasteiger partial charge is 0.491 e. The van der Waals surface area contributed by atoms with Gasteiger partial charge in [0, 0.05) is 6.42 Å². The first kappa shape index (κ1) is 22.7. The van der Waals surface area contributed by atoms with Gasteiger partial charge in [0.2, 0.25) is 0 Å². The van der Waals surface area contributed by atoms with Gasteiger partial charge in [-0.05, 0) is 87.0 Å². The molecule has 0 saturated heterocycles. The number of ether oxygens (including phenoxy) is 1. The van der Waals surface area contributed by atoms with Crippen LogP contribution in [0.2, 0.25) is 0 Å². The normalized spacial score (nSPS) is 33.8. The predicted molar refractivity (Wildman–Crippen MR) is 108 cm³/mol. The van der Waals surface area contributed by atoms with E-state index in [1.807, 2.05) is 0 Å². The van der Waals surface area contributed by atoms with E-state index in [0.29, 0.717) is 18.3 Å². The fourth-order valence-electron chi connectivity index (χ4n) is 6.06. The van der Waals surface area contributed by atoms with Crippen LogP contribution < -0.4 is 0 Å². The molecule has 3 aliphatic carbocycles. The molecule has 3 rings (SSSR count). The lowest BCUT2D eigenvalue weighted by atomic mass is 9.66. The third-order valence-corrected chi connectivity index (χ3v) is 7.87. The molecule has 0 aromatic rings. The van der Waals surface area contributed by atoms with Gasteiger partial charge < -0.3 is 4.74 Å². The average Bonchev–Trinajstić information content (AvgIpc) is 2.73. The van der Waals surface area contributed by atoms with Gasteiger partial charge in [-0.2, -0.15) is 13.2 Å². The first-order chi connectivity index (χ1) is 13.9. The molecular formula is C24H37F3O2. The predicted octanol–water partition coefficient (Wildman–Crippen LogP) is 7.58. The van der Waals surface area contributed by atoms with Crippen LogP contribution in [-0.2, 0) is 9.53 Å². The standard InChI is InChI=1S/C24H37F3O2/c1-2-3-4-17-5-7-18(8-6-17)19-9-11-20(12-10-19)21-13-15-22(16-14-21)29-23(28)24(25,26)27/h15,17-21H,2-14,16H2,1H3. The van der Waals surface area contributed by atoms with Gasteiger partial charge in [-0.15, -0.1) is 0 Å². The summed E-state index contributed by atoms with van der Waals surface area (Å²) in [6.45, 7) is 2.28. The van der Waals surface area contributed by atoms with Crippen LogP contribution in [0.3, 0.4) is 0 Å². The zero-order valence-corrected chi connectivity index (χ0v) is 17.8. The van der Waals surface area contributed by atoms with Crippen LogP contribution in [0.5, 0.6) is 0 Å². The topological polar surface area (TPSA) is 26.3 Å². The van der Waals surface area contributed by atoms with Crippen LogP contribution in [0.1, 0.15) is 96.8 Å². The Kier molecular flexibility index (Phi) is 8.09. The van der Waals surface area contributed by atoms with Crippen molar-refractivity contribution < 1.29 is 22.7 Å². The molecule has 29 heavy (non-hydrogen) atoms. The van der Waals surface area contributed by atoms with E-state index in [0.717, 1.165) is 30.6 Å². The number of hydrogen-bond donors (Lipinski definition) is 0. The van der Waals surface area contributed by atoms with Crippen molar-refractivity contribution in [3.8, 4) is 0 Å². The van der Waals surface area contributed by atoms with Crippen LogP contribution in [0.25, 0.3) is 0 Å². The molecule has 0 radical (unpaired) electrons. The Morgan fingerprint density at radius 1 is 0.931 bits per heavy atom. The van der Waals surface area contributed by atoms with Crippen molar-refractivity contribution in [2.45, 2.75) is 103 Å². The zero-order chi connectivity index (χ0) is 20.9. The second-order valence-electron chi connectivity index (χ2n) is 9.69. The lowest BCUT2D eigenvalue weighted by molar-refractivity contribution is -0.195. The maximum absolute atomic E-state index is 12.3. The number of rotatable bonds is 6. The molecule has 0 N–H and O–H groups in total. The summed E-state index contributed by atoms with van der Waals surface area (Å²) in [5.41, 5.74) is 0. The van der Waals surface area contributed by atoms with Crippen molar-refractivity contribution >= 4 is 5.97 Å². The monoisotopic (exact) mass is 414 g/mol. The van der Waals surface area contributed by atoms with E-state index in [1.165, 1.54) is 70.6 Å². The van der Waals surface area contributed by atoms with Gasteiger partial charge in [0.15, 0.2) is 0 Å². The fourth-order valence-corrected chi connectivity index (χ4v) is 6.06. The van der Waals surface area contributed by atoms with Gasteiger partial charge in [0.1, 0.15) is 5.76 Å². The number of carbonyl (C=O) groups is 1. The molecular weight excluding hydrogens is 377 g/mol. The van der Waals surface area contributed by atoms with Gasteiger partial charge in [0.25, 0.3) is 0 Å². The quantitative estimate of drug-likeness (QED) is 0.419. The first-order valence-corrected chi connectivity index (χ1v) is 11.8. The highest BCUT2D eigenvalue weighted by atomic mass is 19.4. The summed E-state index contributed by atoms with van der Waals surface area (Å²) in [6.07, 6.45) is 13.8. The molecule has 0 aliphatic heterocycles. The molecule has 1 atom stereocenters. The highest BCUT2D eigenvalue weighted by Crippen LogP contribution is 2.45. The molecule has 2 fully saturated rings. The van der Waals surface area contributed by atoms with Gasteiger partial charge in [-0.25, -0.2) is 4.79 Å². The van der Waals surface area contributed by atoms with E-state index in [-0.39, 0.29) is 5.76 Å². The minimum atomic E-state index is -4.91. The van der Waals surface area contributed by atoms with Gasteiger partial charge >= 0.3 is 12.1 Å². The van der Waals surface area contributed by atoms with Crippen LogP contribution in [0.4, 0.5) is 13.2 Å². The molecule has 0 aromatic carbocycles. The number of unbranched alkanes of at least 4 members (excludes halogenated alkanes) is 1. The van der Waals surface area contributed by atoms with Crippen molar-refractivity contribution in [2.24, 2.45) is 29.6 Å². The van der Waals surface area contributed by atoms with Crippen molar-refractivity contribution in [3.63, 3.8) is 0 Å². The van der Waals surface area contributed by atoms with Crippen LogP contribution in [0, 0.1) is 29.6 Å². The Balaban J connectivity index is 1.38. The molecule has 5 heteroatoms. The summed E-state index contributed by atoms with van der Waals surface area (Å²) in [7, 11) is 0. The Morgan fingerprint density at radius 2 is 1.48 bits per heavy atom. The second-order valence-corrected chi connectivity index (χ2v) is 9.69. The summed E-state index contributed by atoms with van der Waals surface area (Å²) in [5.74, 6) is 2.12. The second kappa shape index (κ2) is 10.3. The van der Waals surface area contributed by atoms with Gasteiger partial charge in [-0.3, -0.25) is 0 Å². The molecule has 0 spiro atoms. The van der Waals surface area contributed by atoms with E-state index in [4.69, 9.17) is 0 Å². The average molecular weight is 415 g/mol. The maximum Gasteiger partial charge on any atom is 0.491 e. The number of halogens is 3. The Hall–Kier alpha value is -1.00. The summed E-state index contributed by atoms with van der Waals surface area (Å²) in [5, 5.41) is 0. The number of allylic oxidation sites excluding steroid dienone is 2. The Labute approximate surface area is 173 Å². The van der Waals surface area contributed by atoms with Crippen LogP contribution in [-0.4, -0.2) is 12.1 Å². The summed E-state index contributed by atoms with van der Waals surface area (Å²) >= 11 is 0. The van der Waals surface area contributed by atoms with E-state index >= 15 is 0 Å². The SMILES string of the molecule is CCCCC1CCC(C2CCC(C3CC=C(OC(=O)C(F)(F)F)CC3)CC2)CC1. The number of esters is 1. The third-order valence-electron chi connectivity index (χ3n) is 7.87. The van der Waals surface area contributed by atoms with Crippen LogP contribution >= 0.6 is 0 Å². The van der Waals surface area contributed by atoms with Crippen molar-refractivity contribution in [3.05, 3.63) is 11.8 Å². The van der Waals surface area contributed by atoms with Gasteiger partial charge in [-0.1, -0.05) is 39.0 Å². The molecule has 3 aliphatic rings. The van der Waals surface area contributed by atoms with Crippen molar-refractivity contribution in [2.75, 3.05) is 0 Å². The van der Waals surface area contributed by atoms with Gasteiger partial charge in [0.05, 0.1) is 0 Å². The smallest absolute Gasteiger partial charge is 0.425 e. The lowest BCUT2D eigenvalue weighted by Crippen LogP contribution is -2.29. The van der Waals surface area contributed by atoms with Crippen molar-refractivity contribution in [1.29, 1.82) is 0 Å². The molecule has 2 saturated carbocycles. The Bertz CT molecular complexity index is 553.